The van der Waals surface area contributed by atoms with Crippen LogP contribution >= 0.6 is 22.9 Å². The molecule has 3 rings (SSSR count). The molecule has 0 N–H and O–H groups in total. The third kappa shape index (κ3) is 3.44. The van der Waals surface area contributed by atoms with Crippen LogP contribution in [0.4, 0.5) is 5.82 Å². The standard InChI is InChI=1S/C14H16ClN5O2S/c1-19-5-7-20(8-6-19)9-3-4-16-12(17-9)10-11(13(21)22-2)23-14(15)18-10/h3-4H,5-8H2,1-2H3. The average Bonchev–Trinajstić information content (AvgIpc) is 2.97. The molecule has 0 aliphatic carbocycles. The fourth-order valence-corrected chi connectivity index (χ4v) is 3.37. The van der Waals surface area contributed by atoms with E-state index < -0.39 is 5.97 Å². The molecule has 23 heavy (non-hydrogen) atoms. The van der Waals surface area contributed by atoms with Gasteiger partial charge in [0.25, 0.3) is 0 Å². The molecule has 7 nitrogen and oxygen atoms in total. The lowest BCUT2D eigenvalue weighted by molar-refractivity contribution is 0.0607. The molecule has 2 aromatic heterocycles. The number of hydrogen-bond acceptors (Lipinski definition) is 8. The van der Waals surface area contributed by atoms with Crippen molar-refractivity contribution >= 4 is 34.7 Å². The predicted molar refractivity (Wildman–Crippen MR) is 89.2 cm³/mol. The Hall–Kier alpha value is -1.77. The highest BCUT2D eigenvalue weighted by Crippen LogP contribution is 2.30. The molecular formula is C14H16ClN5O2S. The van der Waals surface area contributed by atoms with Gasteiger partial charge in [0.05, 0.1) is 7.11 Å². The van der Waals surface area contributed by atoms with E-state index in [2.05, 4.69) is 31.8 Å². The number of methoxy groups -OCH3 is 1. The molecular weight excluding hydrogens is 338 g/mol. The summed E-state index contributed by atoms with van der Waals surface area (Å²) in [5.41, 5.74) is 0.364. The van der Waals surface area contributed by atoms with Crippen molar-refractivity contribution in [2.45, 2.75) is 0 Å². The second kappa shape index (κ2) is 6.77. The first-order valence-electron chi connectivity index (χ1n) is 7.10. The van der Waals surface area contributed by atoms with Crippen molar-refractivity contribution in [3.63, 3.8) is 0 Å². The second-order valence-corrected chi connectivity index (χ2v) is 6.75. The number of carbonyl (C=O) groups is 1. The lowest BCUT2D eigenvalue weighted by Gasteiger charge is -2.33. The zero-order valence-corrected chi connectivity index (χ0v) is 14.4. The maximum atomic E-state index is 11.9. The number of halogens is 1. The fourth-order valence-electron chi connectivity index (χ4n) is 2.35. The summed E-state index contributed by atoms with van der Waals surface area (Å²) in [5, 5.41) is 0. The van der Waals surface area contributed by atoms with Crippen molar-refractivity contribution < 1.29 is 9.53 Å². The van der Waals surface area contributed by atoms with E-state index in [4.69, 9.17) is 16.3 Å². The monoisotopic (exact) mass is 353 g/mol. The summed E-state index contributed by atoms with van der Waals surface area (Å²) >= 11 is 7.01. The molecule has 122 valence electrons. The molecule has 0 spiro atoms. The molecule has 3 heterocycles. The van der Waals surface area contributed by atoms with Crippen LogP contribution in [0.25, 0.3) is 11.5 Å². The number of esters is 1. The number of rotatable bonds is 3. The van der Waals surface area contributed by atoms with E-state index in [0.29, 0.717) is 16.4 Å². The van der Waals surface area contributed by atoms with E-state index in [1.807, 2.05) is 6.07 Å². The third-order valence-electron chi connectivity index (χ3n) is 3.65. The fraction of sp³-hybridized carbons (Fsp3) is 0.429. The summed E-state index contributed by atoms with van der Waals surface area (Å²) in [6.07, 6.45) is 1.67. The van der Waals surface area contributed by atoms with Crippen LogP contribution in [-0.2, 0) is 4.74 Å². The van der Waals surface area contributed by atoms with Crippen LogP contribution in [-0.4, -0.2) is 66.2 Å². The Bertz CT molecular complexity index is 715. The Labute approximate surface area is 142 Å². The van der Waals surface area contributed by atoms with Gasteiger partial charge in [-0.05, 0) is 13.1 Å². The molecule has 1 fully saturated rings. The van der Waals surface area contributed by atoms with E-state index in [-0.39, 0.29) is 4.47 Å². The molecule has 0 aromatic carbocycles. The van der Waals surface area contributed by atoms with Gasteiger partial charge in [-0.15, -0.1) is 0 Å². The van der Waals surface area contributed by atoms with Gasteiger partial charge in [-0.2, -0.15) is 0 Å². The zero-order chi connectivity index (χ0) is 16.4. The largest absolute Gasteiger partial charge is 0.465 e. The van der Waals surface area contributed by atoms with Crippen LogP contribution in [0.2, 0.25) is 4.47 Å². The maximum Gasteiger partial charge on any atom is 0.350 e. The van der Waals surface area contributed by atoms with Gasteiger partial charge in [0.15, 0.2) is 10.3 Å². The van der Waals surface area contributed by atoms with Crippen molar-refractivity contribution in [2.75, 3.05) is 45.2 Å². The Morgan fingerprint density at radius 1 is 1.30 bits per heavy atom. The average molecular weight is 354 g/mol. The summed E-state index contributed by atoms with van der Waals surface area (Å²) in [6, 6.07) is 1.86. The van der Waals surface area contributed by atoms with E-state index in [9.17, 15) is 4.79 Å². The smallest absolute Gasteiger partial charge is 0.350 e. The number of nitrogens with zero attached hydrogens (tertiary/aromatic N) is 5. The van der Waals surface area contributed by atoms with Gasteiger partial charge in [0.2, 0.25) is 0 Å². The van der Waals surface area contributed by atoms with Gasteiger partial charge in [-0.1, -0.05) is 22.9 Å². The topological polar surface area (TPSA) is 71.5 Å². The van der Waals surface area contributed by atoms with Crippen molar-refractivity contribution in [3.05, 3.63) is 21.6 Å². The van der Waals surface area contributed by atoms with E-state index >= 15 is 0 Å². The van der Waals surface area contributed by atoms with Gasteiger partial charge in [-0.3, -0.25) is 0 Å². The molecule has 0 bridgehead atoms. The van der Waals surface area contributed by atoms with E-state index in [1.54, 1.807) is 6.20 Å². The summed E-state index contributed by atoms with van der Waals surface area (Å²) in [7, 11) is 3.42. The molecule has 1 aliphatic rings. The summed E-state index contributed by atoms with van der Waals surface area (Å²) in [4.78, 5) is 29.6. The first-order chi connectivity index (χ1) is 11.1. The number of aromatic nitrogens is 3. The number of anilines is 1. The Morgan fingerprint density at radius 2 is 2.04 bits per heavy atom. The van der Waals surface area contributed by atoms with Crippen molar-refractivity contribution in [3.8, 4) is 11.5 Å². The highest BCUT2D eigenvalue weighted by Gasteiger charge is 2.23. The van der Waals surface area contributed by atoms with Crippen LogP contribution in [0.3, 0.4) is 0 Å². The van der Waals surface area contributed by atoms with Gasteiger partial charge >= 0.3 is 5.97 Å². The van der Waals surface area contributed by atoms with E-state index in [0.717, 1.165) is 43.3 Å². The molecule has 0 atom stereocenters. The third-order valence-corrected chi connectivity index (χ3v) is 4.79. The summed E-state index contributed by atoms with van der Waals surface area (Å²) in [6.45, 7) is 3.76. The number of carbonyl (C=O) groups excluding carboxylic acids is 1. The van der Waals surface area contributed by atoms with Crippen LogP contribution in [0.15, 0.2) is 12.3 Å². The van der Waals surface area contributed by atoms with Gasteiger partial charge in [0, 0.05) is 32.4 Å². The first-order valence-corrected chi connectivity index (χ1v) is 8.29. The highest BCUT2D eigenvalue weighted by molar-refractivity contribution is 7.17. The van der Waals surface area contributed by atoms with Crippen LogP contribution in [0.1, 0.15) is 9.67 Å². The molecule has 9 heteroatoms. The lowest BCUT2D eigenvalue weighted by atomic mass is 10.3. The van der Waals surface area contributed by atoms with Crippen molar-refractivity contribution in [1.82, 2.24) is 19.9 Å². The number of likely N-dealkylation sites (N-methyl/N-ethyl adjacent to an activating group) is 1. The van der Waals surface area contributed by atoms with Gasteiger partial charge in [0.1, 0.15) is 16.4 Å². The summed E-state index contributed by atoms with van der Waals surface area (Å²) < 4.78 is 5.03. The lowest BCUT2D eigenvalue weighted by Crippen LogP contribution is -2.44. The van der Waals surface area contributed by atoms with Crippen molar-refractivity contribution in [2.24, 2.45) is 0 Å². The first kappa shape index (κ1) is 16.1. The Morgan fingerprint density at radius 3 is 2.74 bits per heavy atom. The number of thiazole rings is 1. The van der Waals surface area contributed by atoms with Gasteiger partial charge < -0.3 is 14.5 Å². The van der Waals surface area contributed by atoms with Crippen LogP contribution in [0, 0.1) is 0 Å². The molecule has 0 amide bonds. The molecule has 2 aromatic rings. The molecule has 0 unspecified atom stereocenters. The number of hydrogen-bond donors (Lipinski definition) is 0. The maximum absolute atomic E-state index is 11.9. The molecule has 1 saturated heterocycles. The Balaban J connectivity index is 1.93. The minimum Gasteiger partial charge on any atom is -0.465 e. The minimum atomic E-state index is -0.488. The number of ether oxygens (including phenoxy) is 1. The number of piperazine rings is 1. The normalized spacial score (nSPS) is 15.7. The predicted octanol–water partition coefficient (Wildman–Crippen LogP) is 1.79. The van der Waals surface area contributed by atoms with Crippen molar-refractivity contribution in [1.29, 1.82) is 0 Å². The second-order valence-electron chi connectivity index (χ2n) is 5.16. The highest BCUT2D eigenvalue weighted by atomic mass is 35.5. The van der Waals surface area contributed by atoms with E-state index in [1.165, 1.54) is 7.11 Å². The van der Waals surface area contributed by atoms with Crippen LogP contribution < -0.4 is 4.90 Å². The Kier molecular flexibility index (Phi) is 4.74. The minimum absolute atomic E-state index is 0.258. The quantitative estimate of drug-likeness (QED) is 0.779. The summed E-state index contributed by atoms with van der Waals surface area (Å²) in [5.74, 6) is 0.714. The molecule has 0 saturated carbocycles. The molecule has 0 radical (unpaired) electrons. The molecule has 1 aliphatic heterocycles. The SMILES string of the molecule is COC(=O)c1sc(Cl)nc1-c1nccc(N2CCN(C)CC2)n1. The van der Waals surface area contributed by atoms with Crippen LogP contribution in [0.5, 0.6) is 0 Å². The zero-order valence-electron chi connectivity index (χ0n) is 12.8. The van der Waals surface area contributed by atoms with Gasteiger partial charge in [-0.25, -0.2) is 19.7 Å².